The van der Waals surface area contributed by atoms with Crippen LogP contribution in [-0.2, 0) is 22.0 Å². The van der Waals surface area contributed by atoms with E-state index in [-0.39, 0.29) is 17.0 Å². The molecule has 0 amide bonds. The number of nitrogens with zero attached hydrogens (tertiary/aromatic N) is 1. The van der Waals surface area contributed by atoms with E-state index >= 15 is 0 Å². The van der Waals surface area contributed by atoms with Crippen molar-refractivity contribution in [2.24, 2.45) is 5.92 Å². The summed E-state index contributed by atoms with van der Waals surface area (Å²) in [7, 11) is -3.17. The third-order valence-electron chi connectivity index (χ3n) is 6.02. The fourth-order valence-corrected chi connectivity index (χ4v) is 5.58. The molecule has 5 nitrogen and oxygen atoms in total. The smallest absolute Gasteiger partial charge is 0.192 e. The standard InChI is InChI=1S/C23H38N2O3S2Si/c1-16(2)20(25-30(27)19-11-9-17(3)10-12-19)13-21(26)22-24-18(15-29-22)14-28-31(7,8)23(4,5)6/h9-12,15-16,20-21,25-26H,13-14H2,1-8H3/t20-,21+,30+/m1/s1. The van der Waals surface area contributed by atoms with Crippen LogP contribution in [0.4, 0.5) is 0 Å². The zero-order valence-corrected chi connectivity index (χ0v) is 22.7. The van der Waals surface area contributed by atoms with Crippen LogP contribution in [0, 0.1) is 12.8 Å². The van der Waals surface area contributed by atoms with Crippen LogP contribution in [0.15, 0.2) is 34.5 Å². The topological polar surface area (TPSA) is 71.5 Å². The fourth-order valence-electron chi connectivity index (χ4n) is 2.68. The molecule has 1 heterocycles. The molecule has 3 atom stereocenters. The van der Waals surface area contributed by atoms with Crippen molar-refractivity contribution in [2.45, 2.75) is 89.7 Å². The number of rotatable bonds is 10. The van der Waals surface area contributed by atoms with Crippen molar-refractivity contribution < 1.29 is 13.7 Å². The minimum absolute atomic E-state index is 0.104. The largest absolute Gasteiger partial charge is 0.411 e. The minimum atomic E-state index is -1.84. The number of aromatic nitrogens is 1. The van der Waals surface area contributed by atoms with E-state index in [9.17, 15) is 9.32 Å². The molecule has 0 saturated carbocycles. The molecule has 2 rings (SSSR count). The van der Waals surface area contributed by atoms with Crippen LogP contribution in [0.1, 0.15) is 63.4 Å². The number of aryl methyl sites for hydroxylation is 1. The molecule has 0 aliphatic heterocycles. The maximum absolute atomic E-state index is 12.7. The number of benzene rings is 1. The van der Waals surface area contributed by atoms with Gasteiger partial charge >= 0.3 is 0 Å². The van der Waals surface area contributed by atoms with Crippen molar-refractivity contribution in [3.8, 4) is 0 Å². The van der Waals surface area contributed by atoms with Crippen LogP contribution in [-0.4, -0.2) is 28.7 Å². The molecular weight excluding hydrogens is 444 g/mol. The Balaban J connectivity index is 1.99. The lowest BCUT2D eigenvalue weighted by molar-refractivity contribution is 0.146. The van der Waals surface area contributed by atoms with Gasteiger partial charge in [-0.1, -0.05) is 52.3 Å². The average Bonchev–Trinajstić information content (AvgIpc) is 3.14. The summed E-state index contributed by atoms with van der Waals surface area (Å²) in [4.78, 5) is 5.36. The van der Waals surface area contributed by atoms with E-state index in [0.29, 0.717) is 18.0 Å². The predicted octanol–water partition coefficient (Wildman–Crippen LogP) is 5.73. The van der Waals surface area contributed by atoms with Gasteiger partial charge in [-0.2, -0.15) is 0 Å². The number of hydrogen-bond donors (Lipinski definition) is 2. The quantitative estimate of drug-likeness (QED) is 0.424. The molecule has 8 heteroatoms. The summed E-state index contributed by atoms with van der Waals surface area (Å²) in [6.45, 7) is 17.7. The molecule has 2 N–H and O–H groups in total. The summed E-state index contributed by atoms with van der Waals surface area (Å²) >= 11 is 1.46. The third kappa shape index (κ3) is 7.58. The predicted molar refractivity (Wildman–Crippen MR) is 133 cm³/mol. The van der Waals surface area contributed by atoms with Crippen molar-refractivity contribution in [2.75, 3.05) is 0 Å². The van der Waals surface area contributed by atoms with Crippen LogP contribution in [0.3, 0.4) is 0 Å². The molecule has 1 aromatic carbocycles. The van der Waals surface area contributed by atoms with Crippen LogP contribution in [0.2, 0.25) is 18.1 Å². The lowest BCUT2D eigenvalue weighted by Gasteiger charge is -2.35. The monoisotopic (exact) mass is 482 g/mol. The molecule has 0 fully saturated rings. The Labute approximate surface area is 195 Å². The van der Waals surface area contributed by atoms with Crippen molar-refractivity contribution in [3.05, 3.63) is 45.9 Å². The van der Waals surface area contributed by atoms with Gasteiger partial charge in [0.2, 0.25) is 0 Å². The van der Waals surface area contributed by atoms with Gasteiger partial charge in [-0.25, -0.2) is 13.9 Å². The SMILES string of the molecule is Cc1ccc([S@](=O)N[C@H](C[C@H](O)c2nc(CO[Si](C)(C)C(C)(C)C)cs2)C(C)C)cc1. The number of hydrogen-bond acceptors (Lipinski definition) is 5. The lowest BCUT2D eigenvalue weighted by Crippen LogP contribution is -2.40. The van der Waals surface area contributed by atoms with Crippen LogP contribution in [0.25, 0.3) is 0 Å². The second-order valence-electron chi connectivity index (χ2n) is 10.0. The Morgan fingerprint density at radius 1 is 1.23 bits per heavy atom. The second kappa shape index (κ2) is 10.8. The summed E-state index contributed by atoms with van der Waals surface area (Å²) in [5, 5.41) is 13.6. The molecule has 0 aliphatic carbocycles. The molecule has 1 aromatic heterocycles. The van der Waals surface area contributed by atoms with Crippen LogP contribution < -0.4 is 4.72 Å². The van der Waals surface area contributed by atoms with Gasteiger partial charge in [0.15, 0.2) is 8.32 Å². The van der Waals surface area contributed by atoms with E-state index in [1.807, 2.05) is 36.6 Å². The zero-order chi connectivity index (χ0) is 23.4. The van der Waals surface area contributed by atoms with Gasteiger partial charge in [-0.15, -0.1) is 11.3 Å². The average molecular weight is 483 g/mol. The fraction of sp³-hybridized carbons (Fsp3) is 0.609. The summed E-state index contributed by atoms with van der Waals surface area (Å²) in [6.07, 6.45) is -0.257. The molecule has 2 aromatic rings. The number of aliphatic hydroxyl groups excluding tert-OH is 1. The number of thiazole rings is 1. The van der Waals surface area contributed by atoms with Crippen LogP contribution in [0.5, 0.6) is 0 Å². The second-order valence-corrected chi connectivity index (χ2v) is 17.0. The maximum Gasteiger partial charge on any atom is 0.192 e. The normalized spacial score (nSPS) is 15.8. The van der Waals surface area contributed by atoms with E-state index in [1.165, 1.54) is 11.3 Å². The summed E-state index contributed by atoms with van der Waals surface area (Å²) < 4.78 is 22.2. The molecule has 0 radical (unpaired) electrons. The molecular formula is C23H38N2O3S2Si. The minimum Gasteiger partial charge on any atom is -0.411 e. The van der Waals surface area contributed by atoms with Gasteiger partial charge in [-0.05, 0) is 49.5 Å². The van der Waals surface area contributed by atoms with Crippen molar-refractivity contribution in [1.82, 2.24) is 9.71 Å². The zero-order valence-electron chi connectivity index (χ0n) is 20.1. The highest BCUT2D eigenvalue weighted by molar-refractivity contribution is 7.83. The molecule has 0 spiro atoms. The number of nitrogens with one attached hydrogen (secondary N) is 1. The summed E-state index contributed by atoms with van der Waals surface area (Å²) in [6, 6.07) is 7.56. The first kappa shape index (κ1) is 26.4. The van der Waals surface area contributed by atoms with E-state index < -0.39 is 25.4 Å². The maximum atomic E-state index is 12.7. The Bertz CT molecular complexity index is 860. The van der Waals surface area contributed by atoms with Gasteiger partial charge in [0, 0.05) is 11.4 Å². The molecule has 31 heavy (non-hydrogen) atoms. The molecule has 0 aliphatic rings. The summed E-state index contributed by atoms with van der Waals surface area (Å²) in [5.74, 6) is 0.213. The van der Waals surface area contributed by atoms with Gasteiger partial charge in [0.25, 0.3) is 0 Å². The van der Waals surface area contributed by atoms with Gasteiger partial charge < -0.3 is 9.53 Å². The first-order valence-corrected chi connectivity index (χ1v) is 15.7. The van der Waals surface area contributed by atoms with E-state index in [4.69, 9.17) is 4.43 Å². The van der Waals surface area contributed by atoms with E-state index in [2.05, 4.69) is 57.4 Å². The molecule has 0 bridgehead atoms. The summed E-state index contributed by atoms with van der Waals surface area (Å²) in [5.41, 5.74) is 2.00. The van der Waals surface area contributed by atoms with Gasteiger partial charge in [-0.3, -0.25) is 0 Å². The first-order chi connectivity index (χ1) is 14.3. The first-order valence-electron chi connectivity index (χ1n) is 10.8. The van der Waals surface area contributed by atoms with Gasteiger partial charge in [0.1, 0.15) is 22.1 Å². The highest BCUT2D eigenvalue weighted by Gasteiger charge is 2.37. The van der Waals surface area contributed by atoms with Crippen LogP contribution >= 0.6 is 11.3 Å². The molecule has 174 valence electrons. The van der Waals surface area contributed by atoms with E-state index in [1.54, 1.807) is 0 Å². The van der Waals surface area contributed by atoms with Crippen molar-refractivity contribution >= 4 is 30.6 Å². The molecule has 0 saturated heterocycles. The van der Waals surface area contributed by atoms with Crippen molar-refractivity contribution in [3.63, 3.8) is 0 Å². The highest BCUT2D eigenvalue weighted by atomic mass is 32.2. The highest BCUT2D eigenvalue weighted by Crippen LogP contribution is 2.37. The number of aliphatic hydroxyl groups is 1. The van der Waals surface area contributed by atoms with Gasteiger partial charge in [0.05, 0.1) is 17.2 Å². The lowest BCUT2D eigenvalue weighted by atomic mass is 9.99. The Morgan fingerprint density at radius 3 is 2.39 bits per heavy atom. The van der Waals surface area contributed by atoms with Crippen molar-refractivity contribution in [1.29, 1.82) is 0 Å². The Kier molecular flexibility index (Phi) is 9.19. The Morgan fingerprint density at radius 2 is 1.84 bits per heavy atom. The van der Waals surface area contributed by atoms with E-state index in [0.717, 1.165) is 16.2 Å². The third-order valence-corrected chi connectivity index (χ3v) is 12.7. The Hall–Kier alpha value is -0.903. The molecule has 0 unspecified atom stereocenters.